The molecule has 1 fully saturated rings. The Labute approximate surface area is 142 Å². The van der Waals surface area contributed by atoms with Crippen LogP contribution in [0.5, 0.6) is 0 Å². The summed E-state index contributed by atoms with van der Waals surface area (Å²) in [5.41, 5.74) is 2.05. The molecule has 0 bridgehead atoms. The normalized spacial score (nSPS) is 20.9. The van der Waals surface area contributed by atoms with Crippen molar-refractivity contribution in [3.63, 3.8) is 0 Å². The fourth-order valence-electron chi connectivity index (χ4n) is 2.90. The van der Waals surface area contributed by atoms with Gasteiger partial charge in [-0.1, -0.05) is 24.3 Å². The second-order valence-electron chi connectivity index (χ2n) is 5.66. The Kier molecular flexibility index (Phi) is 4.76. The first-order valence-electron chi connectivity index (χ1n) is 7.27. The maximum Gasteiger partial charge on any atom is 0.309 e. The van der Waals surface area contributed by atoms with E-state index in [9.17, 15) is 9.18 Å². The molecule has 1 saturated heterocycles. The summed E-state index contributed by atoms with van der Waals surface area (Å²) in [6.45, 7) is 0.421. The molecule has 1 aliphatic heterocycles. The summed E-state index contributed by atoms with van der Waals surface area (Å²) in [4.78, 5) is 12.0. The van der Waals surface area contributed by atoms with Crippen molar-refractivity contribution in [1.82, 2.24) is 0 Å². The predicted molar refractivity (Wildman–Crippen MR) is 90.9 cm³/mol. The minimum atomic E-state index is -0.239. The second kappa shape index (κ2) is 6.77. The van der Waals surface area contributed by atoms with E-state index >= 15 is 0 Å². The first-order chi connectivity index (χ1) is 10.6. The summed E-state index contributed by atoms with van der Waals surface area (Å²) in [7, 11) is 0. The van der Waals surface area contributed by atoms with E-state index in [4.69, 9.17) is 4.74 Å². The summed E-state index contributed by atoms with van der Waals surface area (Å²) in [5, 5.41) is 0. The van der Waals surface area contributed by atoms with Crippen LogP contribution < -0.4 is 0 Å². The number of halogens is 2. The average molecular weight is 410 g/mol. The van der Waals surface area contributed by atoms with E-state index in [0.29, 0.717) is 19.4 Å². The van der Waals surface area contributed by atoms with Crippen LogP contribution in [-0.2, 0) is 22.4 Å². The molecule has 0 unspecified atom stereocenters. The zero-order chi connectivity index (χ0) is 15.5. The fraction of sp³-hybridized carbons (Fsp3) is 0.278. The van der Waals surface area contributed by atoms with Gasteiger partial charge in [0.2, 0.25) is 0 Å². The molecular formula is C18H16FIO2. The molecule has 2 aromatic rings. The first-order valence-corrected chi connectivity index (χ1v) is 8.35. The highest BCUT2D eigenvalue weighted by Crippen LogP contribution is 2.29. The summed E-state index contributed by atoms with van der Waals surface area (Å²) in [5.74, 6) is -0.422. The highest BCUT2D eigenvalue weighted by Gasteiger charge is 2.36. The third kappa shape index (κ3) is 3.66. The lowest BCUT2D eigenvalue weighted by Gasteiger charge is -2.15. The van der Waals surface area contributed by atoms with Crippen LogP contribution in [0.3, 0.4) is 0 Å². The Morgan fingerprint density at radius 1 is 1.09 bits per heavy atom. The lowest BCUT2D eigenvalue weighted by Crippen LogP contribution is -2.20. The number of carbonyl (C=O) groups is 1. The van der Waals surface area contributed by atoms with Gasteiger partial charge < -0.3 is 4.74 Å². The molecule has 0 spiro atoms. The molecule has 2 atom stereocenters. The van der Waals surface area contributed by atoms with Gasteiger partial charge in [-0.05, 0) is 70.8 Å². The maximum atomic E-state index is 13.3. The molecule has 0 saturated carbocycles. The Hall–Kier alpha value is -1.43. The number of ether oxygens (including phenoxy) is 1. The molecule has 3 rings (SSSR count). The lowest BCUT2D eigenvalue weighted by atomic mass is 9.85. The summed E-state index contributed by atoms with van der Waals surface area (Å²) < 4.78 is 19.7. The van der Waals surface area contributed by atoms with Gasteiger partial charge in [-0.3, -0.25) is 4.79 Å². The number of rotatable bonds is 4. The lowest BCUT2D eigenvalue weighted by molar-refractivity contribution is -0.141. The number of hydrogen-bond donors (Lipinski definition) is 0. The summed E-state index contributed by atoms with van der Waals surface area (Å²) >= 11 is 2.26. The van der Waals surface area contributed by atoms with Gasteiger partial charge in [0.1, 0.15) is 5.82 Å². The second-order valence-corrected chi connectivity index (χ2v) is 6.91. The molecule has 1 heterocycles. The third-order valence-electron chi connectivity index (χ3n) is 4.07. The van der Waals surface area contributed by atoms with Crippen LogP contribution in [-0.4, -0.2) is 12.6 Å². The largest absolute Gasteiger partial charge is 0.465 e. The number of benzene rings is 2. The minimum absolute atomic E-state index is 0.105. The van der Waals surface area contributed by atoms with Gasteiger partial charge in [-0.2, -0.15) is 0 Å². The Morgan fingerprint density at radius 2 is 1.86 bits per heavy atom. The molecule has 114 valence electrons. The smallest absolute Gasteiger partial charge is 0.309 e. The summed E-state index contributed by atoms with van der Waals surface area (Å²) in [6.07, 6.45) is 1.34. The van der Waals surface area contributed by atoms with Crippen LogP contribution in [0.1, 0.15) is 11.1 Å². The van der Waals surface area contributed by atoms with Crippen LogP contribution in [0.25, 0.3) is 0 Å². The molecular weight excluding hydrogens is 394 g/mol. The topological polar surface area (TPSA) is 26.3 Å². The molecule has 0 aliphatic carbocycles. The molecule has 4 heteroatoms. The molecule has 2 nitrogen and oxygen atoms in total. The minimum Gasteiger partial charge on any atom is -0.465 e. The average Bonchev–Trinajstić information content (AvgIpc) is 2.83. The van der Waals surface area contributed by atoms with Gasteiger partial charge in [0, 0.05) is 9.49 Å². The van der Waals surface area contributed by atoms with Crippen LogP contribution in [0.4, 0.5) is 4.39 Å². The highest BCUT2D eigenvalue weighted by molar-refractivity contribution is 14.1. The maximum absolute atomic E-state index is 13.3. The van der Waals surface area contributed by atoms with Crippen LogP contribution in [0.15, 0.2) is 48.5 Å². The van der Waals surface area contributed by atoms with Gasteiger partial charge in [0.25, 0.3) is 0 Å². The fourth-order valence-corrected chi connectivity index (χ4v) is 3.26. The van der Waals surface area contributed by atoms with Crippen molar-refractivity contribution in [2.75, 3.05) is 6.61 Å². The molecule has 0 N–H and O–H groups in total. The van der Waals surface area contributed by atoms with Crippen molar-refractivity contribution >= 4 is 28.6 Å². The van der Waals surface area contributed by atoms with E-state index in [-0.39, 0.29) is 23.6 Å². The molecule has 0 amide bonds. The van der Waals surface area contributed by atoms with Gasteiger partial charge in [-0.25, -0.2) is 4.39 Å². The van der Waals surface area contributed by atoms with E-state index in [0.717, 1.165) is 11.1 Å². The van der Waals surface area contributed by atoms with Crippen molar-refractivity contribution in [2.24, 2.45) is 11.8 Å². The molecule has 1 aliphatic rings. The number of carbonyl (C=O) groups excluding carboxylic acids is 1. The zero-order valence-corrected chi connectivity index (χ0v) is 14.1. The standard InChI is InChI=1S/C18H16FIO2/c19-15-3-1-2-13(9-15)8-14-11-22-18(21)17(14)10-12-4-6-16(20)7-5-12/h1-7,9,14,17H,8,10-11H2/t14-,17+/m0/s1. The van der Waals surface area contributed by atoms with E-state index in [1.807, 2.05) is 30.3 Å². The van der Waals surface area contributed by atoms with E-state index in [1.165, 1.54) is 15.7 Å². The molecule has 2 aromatic carbocycles. The Bertz CT molecular complexity index is 669. The van der Waals surface area contributed by atoms with Gasteiger partial charge in [-0.15, -0.1) is 0 Å². The van der Waals surface area contributed by atoms with E-state index in [2.05, 4.69) is 22.6 Å². The van der Waals surface area contributed by atoms with Crippen molar-refractivity contribution in [3.05, 3.63) is 69.0 Å². The number of cyclic esters (lactones) is 1. The first kappa shape index (κ1) is 15.5. The predicted octanol–water partition coefficient (Wildman–Crippen LogP) is 4.00. The van der Waals surface area contributed by atoms with Crippen LogP contribution >= 0.6 is 22.6 Å². The van der Waals surface area contributed by atoms with Crippen molar-refractivity contribution in [1.29, 1.82) is 0 Å². The van der Waals surface area contributed by atoms with Crippen molar-refractivity contribution in [2.45, 2.75) is 12.8 Å². The third-order valence-corrected chi connectivity index (χ3v) is 4.79. The zero-order valence-electron chi connectivity index (χ0n) is 12.0. The Morgan fingerprint density at radius 3 is 2.59 bits per heavy atom. The van der Waals surface area contributed by atoms with Crippen LogP contribution in [0, 0.1) is 21.2 Å². The molecule has 0 radical (unpaired) electrons. The SMILES string of the molecule is O=C1OC[C@H](Cc2cccc(F)c2)[C@H]1Cc1ccc(I)cc1. The van der Waals surface area contributed by atoms with Crippen molar-refractivity contribution < 1.29 is 13.9 Å². The quantitative estimate of drug-likeness (QED) is 0.563. The number of hydrogen-bond acceptors (Lipinski definition) is 2. The summed E-state index contributed by atoms with van der Waals surface area (Å²) in [6, 6.07) is 14.7. The monoisotopic (exact) mass is 410 g/mol. The van der Waals surface area contributed by atoms with Gasteiger partial charge in [0.15, 0.2) is 0 Å². The van der Waals surface area contributed by atoms with Crippen LogP contribution in [0.2, 0.25) is 0 Å². The van der Waals surface area contributed by atoms with E-state index < -0.39 is 0 Å². The molecule has 22 heavy (non-hydrogen) atoms. The van der Waals surface area contributed by atoms with Gasteiger partial charge in [0.05, 0.1) is 12.5 Å². The van der Waals surface area contributed by atoms with E-state index in [1.54, 1.807) is 6.07 Å². The van der Waals surface area contributed by atoms with Gasteiger partial charge >= 0.3 is 5.97 Å². The number of esters is 1. The Balaban J connectivity index is 1.73. The highest BCUT2D eigenvalue weighted by atomic mass is 127. The molecule has 0 aromatic heterocycles. The van der Waals surface area contributed by atoms with Crippen molar-refractivity contribution in [3.8, 4) is 0 Å².